The highest BCUT2D eigenvalue weighted by Gasteiger charge is 2.15. The molecule has 1 heterocycles. The highest BCUT2D eigenvalue weighted by Crippen LogP contribution is 2.31. The van der Waals surface area contributed by atoms with Gasteiger partial charge in [0.2, 0.25) is 0 Å². The summed E-state index contributed by atoms with van der Waals surface area (Å²) in [6, 6.07) is 9.85. The van der Waals surface area contributed by atoms with Crippen molar-refractivity contribution in [3.63, 3.8) is 0 Å². The summed E-state index contributed by atoms with van der Waals surface area (Å²) in [5.41, 5.74) is 2.47. The first-order valence-corrected chi connectivity index (χ1v) is 7.48. The summed E-state index contributed by atoms with van der Waals surface area (Å²) in [5.74, 6) is -0.271. The lowest BCUT2D eigenvalue weighted by molar-refractivity contribution is 0.608. The van der Waals surface area contributed by atoms with Crippen molar-refractivity contribution in [2.75, 3.05) is 0 Å². The largest absolute Gasteiger partial charge is 0.331 e. The van der Waals surface area contributed by atoms with Crippen LogP contribution in [0.3, 0.4) is 0 Å². The zero-order valence-corrected chi connectivity index (χ0v) is 13.4. The molecule has 0 radical (unpaired) electrons. The van der Waals surface area contributed by atoms with Gasteiger partial charge in [0.1, 0.15) is 5.82 Å². The second-order valence-corrected chi connectivity index (χ2v) is 6.02. The normalized spacial score (nSPS) is 12.8. The molecule has 3 aromatic rings. The predicted molar refractivity (Wildman–Crippen MR) is 87.4 cm³/mol. The molecule has 21 heavy (non-hydrogen) atoms. The van der Waals surface area contributed by atoms with Crippen LogP contribution in [0.1, 0.15) is 18.5 Å². The molecule has 0 bridgehead atoms. The van der Waals surface area contributed by atoms with E-state index in [4.69, 9.17) is 35.4 Å². The molecule has 0 saturated carbocycles. The van der Waals surface area contributed by atoms with Crippen LogP contribution >= 0.6 is 35.4 Å². The third-order valence-electron chi connectivity index (χ3n) is 3.48. The number of hydrogen-bond acceptors (Lipinski definition) is 1. The Labute approximate surface area is 136 Å². The van der Waals surface area contributed by atoms with Crippen LogP contribution < -0.4 is 0 Å². The fourth-order valence-corrected chi connectivity index (χ4v) is 3.11. The average molecular weight is 341 g/mol. The van der Waals surface area contributed by atoms with E-state index in [1.807, 2.05) is 17.6 Å². The van der Waals surface area contributed by atoms with E-state index in [9.17, 15) is 4.39 Å². The van der Waals surface area contributed by atoms with E-state index >= 15 is 0 Å². The van der Waals surface area contributed by atoms with Gasteiger partial charge in [0, 0.05) is 0 Å². The molecule has 0 aliphatic heterocycles. The van der Waals surface area contributed by atoms with Crippen molar-refractivity contribution in [2.45, 2.75) is 13.0 Å². The first kappa shape index (κ1) is 14.6. The summed E-state index contributed by atoms with van der Waals surface area (Å²) in [6.07, 6.45) is 0. The smallest absolute Gasteiger partial charge is 0.178 e. The minimum absolute atomic E-state index is 0.126. The predicted octanol–water partition coefficient (Wildman–Crippen LogP) is 5.75. The Bertz CT molecular complexity index is 885. The molecule has 108 valence electrons. The summed E-state index contributed by atoms with van der Waals surface area (Å²) in [6.45, 7) is 1.96. The maximum absolute atomic E-state index is 13.4. The van der Waals surface area contributed by atoms with Crippen LogP contribution in [-0.2, 0) is 0 Å². The second-order valence-electron chi connectivity index (χ2n) is 4.81. The molecule has 2 aromatic carbocycles. The van der Waals surface area contributed by atoms with E-state index in [2.05, 4.69) is 4.98 Å². The molecule has 1 atom stereocenters. The van der Waals surface area contributed by atoms with Crippen molar-refractivity contribution in [1.82, 2.24) is 9.55 Å². The molecule has 0 aliphatic carbocycles. The summed E-state index contributed by atoms with van der Waals surface area (Å²) < 4.78 is 15.9. The first-order valence-electron chi connectivity index (χ1n) is 6.32. The monoisotopic (exact) mass is 340 g/mol. The highest BCUT2D eigenvalue weighted by molar-refractivity contribution is 7.71. The Morgan fingerprint density at radius 2 is 1.90 bits per heavy atom. The summed E-state index contributed by atoms with van der Waals surface area (Å²) >= 11 is 17.5. The Balaban J connectivity index is 2.22. The second kappa shape index (κ2) is 5.44. The number of aromatic nitrogens is 2. The van der Waals surface area contributed by atoms with Crippen LogP contribution in [0.4, 0.5) is 4.39 Å². The molecular formula is C15H11Cl2FN2S. The molecule has 2 nitrogen and oxygen atoms in total. The fraction of sp³-hybridized carbons (Fsp3) is 0.133. The molecule has 0 fully saturated rings. The first-order chi connectivity index (χ1) is 9.97. The van der Waals surface area contributed by atoms with Gasteiger partial charge < -0.3 is 9.55 Å². The Hall–Kier alpha value is -1.36. The van der Waals surface area contributed by atoms with Crippen LogP contribution in [-0.4, -0.2) is 9.55 Å². The van der Waals surface area contributed by atoms with Crippen LogP contribution in [0, 0.1) is 10.6 Å². The highest BCUT2D eigenvalue weighted by atomic mass is 35.5. The third kappa shape index (κ3) is 2.59. The SMILES string of the molecule is CC(c1cccc(F)c1)n1c(=S)[nH]c2cc(Cl)c(Cl)cc21. The molecule has 0 saturated heterocycles. The standard InChI is InChI=1S/C15H11Cl2FN2S/c1-8(9-3-2-4-10(18)5-9)20-14-7-12(17)11(16)6-13(14)19-15(20)21/h2-8H,1H3,(H,19,21). The van der Waals surface area contributed by atoms with Gasteiger partial charge in [0.25, 0.3) is 0 Å². The number of aromatic amines is 1. The lowest BCUT2D eigenvalue weighted by Gasteiger charge is -2.15. The van der Waals surface area contributed by atoms with Crippen LogP contribution in [0.2, 0.25) is 10.0 Å². The van der Waals surface area contributed by atoms with Gasteiger partial charge in [0.15, 0.2) is 4.77 Å². The molecule has 1 unspecified atom stereocenters. The number of halogens is 3. The van der Waals surface area contributed by atoms with Crippen molar-refractivity contribution in [2.24, 2.45) is 0 Å². The van der Waals surface area contributed by atoms with E-state index in [-0.39, 0.29) is 11.9 Å². The maximum atomic E-state index is 13.4. The number of nitrogens with zero attached hydrogens (tertiary/aromatic N) is 1. The third-order valence-corrected chi connectivity index (χ3v) is 4.50. The van der Waals surface area contributed by atoms with E-state index in [0.717, 1.165) is 16.6 Å². The summed E-state index contributed by atoms with van der Waals surface area (Å²) in [5, 5.41) is 0.921. The minimum Gasteiger partial charge on any atom is -0.331 e. The van der Waals surface area contributed by atoms with Gasteiger partial charge >= 0.3 is 0 Å². The molecule has 3 rings (SSSR count). The van der Waals surface area contributed by atoms with Crippen molar-refractivity contribution in [1.29, 1.82) is 0 Å². The molecule has 1 N–H and O–H groups in total. The fourth-order valence-electron chi connectivity index (χ4n) is 2.42. The van der Waals surface area contributed by atoms with Crippen molar-refractivity contribution in [3.8, 4) is 0 Å². The van der Waals surface area contributed by atoms with Gasteiger partial charge in [-0.05, 0) is 49.0 Å². The molecular weight excluding hydrogens is 330 g/mol. The maximum Gasteiger partial charge on any atom is 0.178 e. The molecule has 0 spiro atoms. The van der Waals surface area contributed by atoms with Crippen LogP contribution in [0.25, 0.3) is 11.0 Å². The topological polar surface area (TPSA) is 20.7 Å². The van der Waals surface area contributed by atoms with Crippen molar-refractivity contribution in [3.05, 3.63) is 62.6 Å². The summed E-state index contributed by atoms with van der Waals surface area (Å²) in [7, 11) is 0. The Morgan fingerprint density at radius 3 is 2.62 bits per heavy atom. The molecule has 0 aliphatic rings. The Morgan fingerprint density at radius 1 is 1.19 bits per heavy atom. The Kier molecular flexibility index (Phi) is 3.78. The number of rotatable bonds is 2. The van der Waals surface area contributed by atoms with E-state index in [1.165, 1.54) is 12.1 Å². The lowest BCUT2D eigenvalue weighted by Crippen LogP contribution is -2.07. The van der Waals surface area contributed by atoms with Gasteiger partial charge in [-0.25, -0.2) is 4.39 Å². The van der Waals surface area contributed by atoms with E-state index in [1.54, 1.807) is 18.2 Å². The quantitative estimate of drug-likeness (QED) is 0.588. The molecule has 1 aromatic heterocycles. The average Bonchev–Trinajstić information content (AvgIpc) is 2.74. The van der Waals surface area contributed by atoms with Gasteiger partial charge in [-0.15, -0.1) is 0 Å². The van der Waals surface area contributed by atoms with E-state index < -0.39 is 0 Å². The number of imidazole rings is 1. The van der Waals surface area contributed by atoms with Gasteiger partial charge in [-0.2, -0.15) is 0 Å². The summed E-state index contributed by atoms with van der Waals surface area (Å²) in [4.78, 5) is 3.10. The molecule has 0 amide bonds. The number of hydrogen-bond donors (Lipinski definition) is 1. The minimum atomic E-state index is -0.271. The number of H-pyrrole nitrogens is 1. The van der Waals surface area contributed by atoms with Crippen molar-refractivity contribution >= 4 is 46.5 Å². The van der Waals surface area contributed by atoms with Crippen LogP contribution in [0.5, 0.6) is 0 Å². The number of benzene rings is 2. The van der Waals surface area contributed by atoms with Crippen molar-refractivity contribution < 1.29 is 4.39 Å². The van der Waals surface area contributed by atoms with Gasteiger partial charge in [-0.3, -0.25) is 0 Å². The zero-order valence-electron chi connectivity index (χ0n) is 11.0. The number of fused-ring (bicyclic) bond motifs is 1. The molecule has 6 heteroatoms. The zero-order chi connectivity index (χ0) is 15.1. The van der Waals surface area contributed by atoms with E-state index in [0.29, 0.717) is 14.8 Å². The van der Waals surface area contributed by atoms with Gasteiger partial charge in [-0.1, -0.05) is 35.3 Å². The lowest BCUT2D eigenvalue weighted by atomic mass is 10.1. The number of nitrogens with one attached hydrogen (secondary N) is 1. The van der Waals surface area contributed by atoms with Gasteiger partial charge in [0.05, 0.1) is 27.1 Å². The van der Waals surface area contributed by atoms with Crippen LogP contribution in [0.15, 0.2) is 36.4 Å².